The van der Waals surface area contributed by atoms with Gasteiger partial charge in [0, 0.05) is 5.56 Å². The fraction of sp³-hybridized carbons (Fsp3) is 0.500. The first-order valence-corrected chi connectivity index (χ1v) is 6.43. The van der Waals surface area contributed by atoms with Gasteiger partial charge in [-0.05, 0) is 30.9 Å². The zero-order valence-electron chi connectivity index (χ0n) is 10.4. The van der Waals surface area contributed by atoms with Gasteiger partial charge in [0.25, 0.3) is 0 Å². The second-order valence-corrected chi connectivity index (χ2v) is 5.50. The topological polar surface area (TPSA) is 40.5 Å². The molecule has 1 saturated carbocycles. The van der Waals surface area contributed by atoms with Crippen LogP contribution in [0.5, 0.6) is 0 Å². The van der Waals surface area contributed by atoms with E-state index in [-0.39, 0.29) is 31.0 Å². The normalized spacial score (nSPS) is 21.1. The Morgan fingerprint density at radius 2 is 1.89 bits per heavy atom. The van der Waals surface area contributed by atoms with Crippen molar-refractivity contribution in [3.05, 3.63) is 35.4 Å². The Hall–Kier alpha value is -1.49. The molecule has 1 aromatic rings. The van der Waals surface area contributed by atoms with E-state index < -0.39 is 17.2 Å². The van der Waals surface area contributed by atoms with Crippen molar-refractivity contribution in [2.45, 2.75) is 24.9 Å². The molecule has 0 spiro atoms. The van der Waals surface area contributed by atoms with Crippen LogP contribution in [0.25, 0.3) is 0 Å². The number of hydrogen-bond donors (Lipinski definition) is 1. The van der Waals surface area contributed by atoms with Crippen LogP contribution in [0.1, 0.15) is 18.4 Å². The summed E-state index contributed by atoms with van der Waals surface area (Å²) in [6, 6.07) is 3.55. The van der Waals surface area contributed by atoms with E-state index in [1.54, 1.807) is 0 Å². The number of halogens is 2. The minimum atomic E-state index is -0.760. The van der Waals surface area contributed by atoms with E-state index in [1.807, 2.05) is 0 Å². The summed E-state index contributed by atoms with van der Waals surface area (Å²) in [6.45, 7) is 0.569. The van der Waals surface area contributed by atoms with Gasteiger partial charge in [0.1, 0.15) is 17.2 Å². The van der Waals surface area contributed by atoms with Crippen molar-refractivity contribution in [3.63, 3.8) is 0 Å². The van der Waals surface area contributed by atoms with Gasteiger partial charge in [0.15, 0.2) is 0 Å². The molecule has 1 aromatic carbocycles. The van der Waals surface area contributed by atoms with E-state index in [4.69, 9.17) is 0 Å². The zero-order valence-corrected chi connectivity index (χ0v) is 10.4. The molecule has 5 heteroatoms. The van der Waals surface area contributed by atoms with Crippen LogP contribution in [-0.2, 0) is 11.2 Å². The molecule has 1 heterocycles. The monoisotopic (exact) mass is 267 g/mol. The molecule has 2 fully saturated rings. The summed E-state index contributed by atoms with van der Waals surface area (Å²) in [5, 5.41) is 10.1. The first-order valence-electron chi connectivity index (χ1n) is 6.43. The molecule has 3 nitrogen and oxygen atoms in total. The van der Waals surface area contributed by atoms with Crippen LogP contribution in [0, 0.1) is 17.6 Å². The highest BCUT2D eigenvalue weighted by molar-refractivity contribution is 5.80. The number of β-amino-alcohol motifs (C(OH)–C–C–N with tert-alkyl or cyclic N) is 1. The van der Waals surface area contributed by atoms with Gasteiger partial charge in [-0.1, -0.05) is 6.07 Å². The molecular formula is C14H15F2NO2. The Bertz CT molecular complexity index is 502. The lowest BCUT2D eigenvalue weighted by molar-refractivity contribution is -0.158. The van der Waals surface area contributed by atoms with Gasteiger partial charge < -0.3 is 10.0 Å². The molecule has 0 atom stereocenters. The van der Waals surface area contributed by atoms with Crippen LogP contribution >= 0.6 is 0 Å². The average Bonchev–Trinajstić information content (AvgIpc) is 3.14. The SMILES string of the molecule is O=C(Cc1c(F)cccc1F)N1CC(O)(C2CC2)C1. The highest BCUT2D eigenvalue weighted by Crippen LogP contribution is 2.44. The smallest absolute Gasteiger partial charge is 0.227 e. The van der Waals surface area contributed by atoms with E-state index in [9.17, 15) is 18.7 Å². The lowest BCUT2D eigenvalue weighted by Crippen LogP contribution is -2.65. The first-order chi connectivity index (χ1) is 8.99. The molecule has 1 aliphatic heterocycles. The van der Waals surface area contributed by atoms with Crippen molar-refractivity contribution in [2.24, 2.45) is 5.92 Å². The number of carbonyl (C=O) groups is 1. The van der Waals surface area contributed by atoms with Gasteiger partial charge in [-0.2, -0.15) is 0 Å². The number of rotatable bonds is 3. The lowest BCUT2D eigenvalue weighted by atomic mass is 9.88. The Morgan fingerprint density at radius 3 is 2.42 bits per heavy atom. The van der Waals surface area contributed by atoms with Gasteiger partial charge in [0.05, 0.1) is 19.5 Å². The van der Waals surface area contributed by atoms with E-state index >= 15 is 0 Å². The van der Waals surface area contributed by atoms with E-state index in [1.165, 1.54) is 11.0 Å². The van der Waals surface area contributed by atoms with Crippen molar-refractivity contribution in [2.75, 3.05) is 13.1 Å². The predicted molar refractivity (Wildman–Crippen MR) is 64.3 cm³/mol. The minimum Gasteiger partial charge on any atom is -0.386 e. The third-order valence-electron chi connectivity index (χ3n) is 4.01. The third kappa shape index (κ3) is 2.23. The maximum absolute atomic E-state index is 13.4. The van der Waals surface area contributed by atoms with Crippen molar-refractivity contribution in [3.8, 4) is 0 Å². The zero-order chi connectivity index (χ0) is 13.6. The van der Waals surface area contributed by atoms with Gasteiger partial charge in [-0.3, -0.25) is 4.79 Å². The second kappa shape index (κ2) is 4.27. The van der Waals surface area contributed by atoms with Crippen molar-refractivity contribution >= 4 is 5.91 Å². The standard InChI is InChI=1S/C14H15F2NO2/c15-11-2-1-3-12(16)10(11)6-13(18)17-7-14(19,8-17)9-4-5-9/h1-3,9,19H,4-8H2. The summed E-state index contributed by atoms with van der Waals surface area (Å²) in [7, 11) is 0. The predicted octanol–water partition coefficient (Wildman–Crippen LogP) is 1.49. The van der Waals surface area contributed by atoms with Crippen LogP contribution in [0.15, 0.2) is 18.2 Å². The minimum absolute atomic E-state index is 0.200. The molecule has 3 rings (SSSR count). The molecule has 0 aromatic heterocycles. The van der Waals surface area contributed by atoms with Crippen LogP contribution in [0.3, 0.4) is 0 Å². The van der Waals surface area contributed by atoms with Crippen molar-refractivity contribution < 1.29 is 18.7 Å². The molecule has 2 aliphatic rings. The largest absolute Gasteiger partial charge is 0.386 e. The number of amides is 1. The molecule has 1 amide bonds. The van der Waals surface area contributed by atoms with Gasteiger partial charge in [-0.15, -0.1) is 0 Å². The lowest BCUT2D eigenvalue weighted by Gasteiger charge is -2.47. The highest BCUT2D eigenvalue weighted by Gasteiger charge is 2.53. The molecular weight excluding hydrogens is 252 g/mol. The Balaban J connectivity index is 1.63. The van der Waals surface area contributed by atoms with Gasteiger partial charge >= 0.3 is 0 Å². The van der Waals surface area contributed by atoms with E-state index in [0.717, 1.165) is 25.0 Å². The fourth-order valence-electron chi connectivity index (χ4n) is 2.63. The molecule has 102 valence electrons. The third-order valence-corrected chi connectivity index (χ3v) is 4.01. The Morgan fingerprint density at radius 1 is 1.32 bits per heavy atom. The molecule has 1 aliphatic carbocycles. The quantitative estimate of drug-likeness (QED) is 0.901. The highest BCUT2D eigenvalue weighted by atomic mass is 19.1. The number of carbonyl (C=O) groups excluding carboxylic acids is 1. The number of hydrogen-bond acceptors (Lipinski definition) is 2. The number of likely N-dealkylation sites (tertiary alicyclic amines) is 1. The molecule has 0 radical (unpaired) electrons. The maximum atomic E-state index is 13.4. The second-order valence-electron chi connectivity index (χ2n) is 5.50. The molecule has 19 heavy (non-hydrogen) atoms. The maximum Gasteiger partial charge on any atom is 0.227 e. The van der Waals surface area contributed by atoms with E-state index in [2.05, 4.69) is 0 Å². The fourth-order valence-corrected chi connectivity index (χ4v) is 2.63. The van der Waals surface area contributed by atoms with Crippen LogP contribution in [-0.4, -0.2) is 34.6 Å². The molecule has 0 unspecified atom stereocenters. The Kier molecular flexibility index (Phi) is 2.82. The molecule has 0 bridgehead atoms. The number of nitrogens with zero attached hydrogens (tertiary/aromatic N) is 1. The summed E-state index contributed by atoms with van der Waals surface area (Å²) < 4.78 is 26.9. The number of aliphatic hydroxyl groups is 1. The molecule has 1 saturated heterocycles. The van der Waals surface area contributed by atoms with Crippen LogP contribution in [0.2, 0.25) is 0 Å². The van der Waals surface area contributed by atoms with E-state index in [0.29, 0.717) is 5.92 Å². The first kappa shape index (κ1) is 12.5. The summed E-state index contributed by atoms with van der Waals surface area (Å²) in [4.78, 5) is 13.4. The van der Waals surface area contributed by atoms with Gasteiger partial charge in [-0.25, -0.2) is 8.78 Å². The molecule has 1 N–H and O–H groups in total. The van der Waals surface area contributed by atoms with Crippen molar-refractivity contribution in [1.82, 2.24) is 4.90 Å². The summed E-state index contributed by atoms with van der Waals surface area (Å²) in [6.07, 6.45) is 1.71. The van der Waals surface area contributed by atoms with Crippen LogP contribution in [0.4, 0.5) is 8.78 Å². The van der Waals surface area contributed by atoms with Gasteiger partial charge in [0.2, 0.25) is 5.91 Å². The summed E-state index contributed by atoms with van der Waals surface area (Å²) in [5.41, 5.74) is -0.960. The summed E-state index contributed by atoms with van der Waals surface area (Å²) >= 11 is 0. The summed E-state index contributed by atoms with van der Waals surface area (Å²) in [5.74, 6) is -1.45. The van der Waals surface area contributed by atoms with Crippen LogP contribution < -0.4 is 0 Å². The average molecular weight is 267 g/mol. The number of benzene rings is 1. The van der Waals surface area contributed by atoms with Crippen molar-refractivity contribution in [1.29, 1.82) is 0 Å². The Labute approximate surface area is 109 Å².